The third kappa shape index (κ3) is 2.68. The van der Waals surface area contributed by atoms with Crippen LogP contribution >= 0.6 is 38.9 Å². The normalized spacial score (nSPS) is 12.8. The molecule has 0 nitrogen and oxygen atoms in total. The maximum Gasteiger partial charge on any atom is 0.0931 e. The van der Waals surface area contributed by atoms with Gasteiger partial charge in [-0.15, -0.1) is 11.3 Å². The Labute approximate surface area is 113 Å². The highest BCUT2D eigenvalue weighted by atomic mass is 79.9. The van der Waals surface area contributed by atoms with E-state index in [1.165, 1.54) is 21.6 Å². The van der Waals surface area contributed by atoms with Crippen molar-refractivity contribution >= 4 is 38.9 Å². The third-order valence-electron chi connectivity index (χ3n) is 2.38. The summed E-state index contributed by atoms with van der Waals surface area (Å²) in [5.74, 6) is 0. The lowest BCUT2D eigenvalue weighted by Gasteiger charge is -2.10. The van der Waals surface area contributed by atoms with E-state index < -0.39 is 0 Å². The second-order valence-corrected chi connectivity index (χ2v) is 6.59. The Morgan fingerprint density at radius 3 is 2.25 bits per heavy atom. The average Bonchev–Trinajstić information content (AvgIpc) is 2.62. The van der Waals surface area contributed by atoms with E-state index in [4.69, 9.17) is 11.6 Å². The minimum atomic E-state index is 0.239. The first kappa shape index (κ1) is 12.2. The molecule has 0 fully saturated rings. The van der Waals surface area contributed by atoms with E-state index in [1.807, 2.05) is 6.07 Å². The molecule has 1 heterocycles. The van der Waals surface area contributed by atoms with Gasteiger partial charge in [0, 0.05) is 4.88 Å². The van der Waals surface area contributed by atoms with Crippen molar-refractivity contribution in [2.45, 2.75) is 18.7 Å². The fourth-order valence-corrected chi connectivity index (χ4v) is 3.55. The van der Waals surface area contributed by atoms with Gasteiger partial charge in [0.05, 0.1) is 9.16 Å². The molecular weight excluding hydrogens is 304 g/mol. The largest absolute Gasteiger partial charge is 0.127 e. The summed E-state index contributed by atoms with van der Waals surface area (Å²) in [6.07, 6.45) is 0. The second kappa shape index (κ2) is 4.91. The van der Waals surface area contributed by atoms with Crippen LogP contribution in [0.4, 0.5) is 0 Å². The minimum Gasteiger partial charge on any atom is -0.127 e. The molecule has 16 heavy (non-hydrogen) atoms. The molecule has 0 spiro atoms. The minimum absolute atomic E-state index is 0.239. The maximum atomic E-state index is 5.95. The van der Waals surface area contributed by atoms with Crippen LogP contribution in [0, 0.1) is 13.8 Å². The average molecular weight is 316 g/mol. The number of thiophene rings is 1. The predicted molar refractivity (Wildman–Crippen MR) is 76.0 cm³/mol. The fraction of sp³-hybridized carbons (Fsp3) is 0.231. The fourth-order valence-electron chi connectivity index (χ4n) is 1.78. The van der Waals surface area contributed by atoms with Crippen LogP contribution < -0.4 is 0 Å². The van der Waals surface area contributed by atoms with Gasteiger partial charge in [0.25, 0.3) is 0 Å². The summed E-state index contributed by atoms with van der Waals surface area (Å²) < 4.78 is 0.837. The van der Waals surface area contributed by atoms with Gasteiger partial charge in [-0.25, -0.2) is 0 Å². The maximum absolute atomic E-state index is 5.95. The molecule has 0 saturated carbocycles. The molecule has 0 N–H and O–H groups in total. The van der Waals surface area contributed by atoms with Gasteiger partial charge in [-0.1, -0.05) is 56.9 Å². The smallest absolute Gasteiger partial charge is 0.0931 e. The molecule has 0 saturated heterocycles. The highest BCUT2D eigenvalue weighted by molar-refractivity contribution is 9.09. The first-order valence-electron chi connectivity index (χ1n) is 5.04. The Hall–Kier alpha value is -0.310. The number of alkyl halides is 1. The first-order valence-corrected chi connectivity index (χ1v) is 7.15. The molecular formula is C13H12BrClS. The molecule has 0 bridgehead atoms. The zero-order valence-electron chi connectivity index (χ0n) is 9.13. The van der Waals surface area contributed by atoms with Gasteiger partial charge in [0.15, 0.2) is 0 Å². The molecule has 0 amide bonds. The quantitative estimate of drug-likeness (QED) is 0.642. The lowest BCUT2D eigenvalue weighted by atomic mass is 10.0. The van der Waals surface area contributed by atoms with Crippen LogP contribution in [0.15, 0.2) is 30.3 Å². The van der Waals surface area contributed by atoms with Gasteiger partial charge in [-0.05, 0) is 31.5 Å². The molecule has 1 aromatic carbocycles. The van der Waals surface area contributed by atoms with E-state index in [0.29, 0.717) is 0 Å². The molecule has 1 atom stereocenters. The monoisotopic (exact) mass is 314 g/mol. The molecule has 84 valence electrons. The third-order valence-corrected chi connectivity index (χ3v) is 5.00. The van der Waals surface area contributed by atoms with Crippen molar-refractivity contribution in [2.24, 2.45) is 0 Å². The zero-order valence-corrected chi connectivity index (χ0v) is 12.3. The van der Waals surface area contributed by atoms with Crippen LogP contribution in [0.1, 0.15) is 26.4 Å². The lowest BCUT2D eigenvalue weighted by molar-refractivity contribution is 1.19. The summed E-state index contributed by atoms with van der Waals surface area (Å²) in [5.41, 5.74) is 3.88. The van der Waals surface area contributed by atoms with Crippen molar-refractivity contribution in [3.8, 4) is 0 Å². The van der Waals surface area contributed by atoms with Crippen LogP contribution in [-0.4, -0.2) is 0 Å². The summed E-state index contributed by atoms with van der Waals surface area (Å²) in [6, 6.07) is 10.6. The SMILES string of the molecule is Cc1cc(C)cc(C(Br)c2ccc(Cl)s2)c1. The molecule has 1 aromatic heterocycles. The predicted octanol–water partition coefficient (Wildman–Crippen LogP) is 5.50. The van der Waals surface area contributed by atoms with Gasteiger partial charge in [0.2, 0.25) is 0 Å². The van der Waals surface area contributed by atoms with Gasteiger partial charge in [-0.2, -0.15) is 0 Å². The van der Waals surface area contributed by atoms with Gasteiger partial charge < -0.3 is 0 Å². The molecule has 2 rings (SSSR count). The van der Waals surface area contributed by atoms with Crippen molar-refractivity contribution in [2.75, 3.05) is 0 Å². The van der Waals surface area contributed by atoms with Gasteiger partial charge in [0.1, 0.15) is 0 Å². The summed E-state index contributed by atoms with van der Waals surface area (Å²) in [6.45, 7) is 4.25. The molecule has 3 heteroatoms. The van der Waals surface area contributed by atoms with Crippen molar-refractivity contribution in [1.29, 1.82) is 0 Å². The first-order chi connectivity index (χ1) is 7.56. The second-order valence-electron chi connectivity index (χ2n) is 3.93. The molecule has 2 aromatic rings. The summed E-state index contributed by atoms with van der Waals surface area (Å²) in [5, 5.41) is 0. The number of rotatable bonds is 2. The van der Waals surface area contributed by atoms with Crippen molar-refractivity contribution in [3.05, 3.63) is 56.2 Å². The highest BCUT2D eigenvalue weighted by Crippen LogP contribution is 2.37. The van der Waals surface area contributed by atoms with Crippen molar-refractivity contribution < 1.29 is 0 Å². The van der Waals surface area contributed by atoms with Crippen LogP contribution in [0.5, 0.6) is 0 Å². The van der Waals surface area contributed by atoms with Gasteiger partial charge >= 0.3 is 0 Å². The number of hydrogen-bond donors (Lipinski definition) is 0. The summed E-state index contributed by atoms with van der Waals surface area (Å²) >= 11 is 11.3. The Balaban J connectivity index is 2.37. The topological polar surface area (TPSA) is 0 Å². The van der Waals surface area contributed by atoms with E-state index in [-0.39, 0.29) is 4.83 Å². The molecule has 0 aliphatic heterocycles. The van der Waals surface area contributed by atoms with Gasteiger partial charge in [-0.3, -0.25) is 0 Å². The van der Waals surface area contributed by atoms with Crippen LogP contribution in [-0.2, 0) is 0 Å². The standard InChI is InChI=1S/C13H12BrClS/c1-8-5-9(2)7-10(6-8)13(14)11-3-4-12(15)16-11/h3-7,13H,1-2H3. The lowest BCUT2D eigenvalue weighted by Crippen LogP contribution is -1.91. The Morgan fingerprint density at radius 2 is 1.75 bits per heavy atom. The number of hydrogen-bond acceptors (Lipinski definition) is 1. The molecule has 0 aliphatic carbocycles. The molecule has 0 aliphatic rings. The van der Waals surface area contributed by atoms with Crippen LogP contribution in [0.3, 0.4) is 0 Å². The van der Waals surface area contributed by atoms with E-state index in [0.717, 1.165) is 4.34 Å². The summed E-state index contributed by atoms with van der Waals surface area (Å²) in [4.78, 5) is 1.48. The van der Waals surface area contributed by atoms with Crippen LogP contribution in [0.2, 0.25) is 4.34 Å². The van der Waals surface area contributed by atoms with Crippen molar-refractivity contribution in [3.63, 3.8) is 0 Å². The van der Waals surface area contributed by atoms with Crippen molar-refractivity contribution in [1.82, 2.24) is 0 Å². The number of aryl methyl sites for hydroxylation is 2. The van der Waals surface area contributed by atoms with E-state index in [9.17, 15) is 0 Å². The number of benzene rings is 1. The zero-order chi connectivity index (χ0) is 11.7. The molecule has 1 unspecified atom stereocenters. The Kier molecular flexibility index (Phi) is 3.73. The molecule has 0 radical (unpaired) electrons. The van der Waals surface area contributed by atoms with Crippen LogP contribution in [0.25, 0.3) is 0 Å². The van der Waals surface area contributed by atoms with E-state index >= 15 is 0 Å². The summed E-state index contributed by atoms with van der Waals surface area (Å²) in [7, 11) is 0. The van der Waals surface area contributed by atoms with E-state index in [2.05, 4.69) is 54.0 Å². The Morgan fingerprint density at radius 1 is 1.12 bits per heavy atom. The highest BCUT2D eigenvalue weighted by Gasteiger charge is 2.13. The van der Waals surface area contributed by atoms with E-state index in [1.54, 1.807) is 11.3 Å². The Bertz CT molecular complexity index is 484. The number of halogens is 2.